The van der Waals surface area contributed by atoms with Crippen molar-refractivity contribution in [1.29, 1.82) is 5.26 Å². The maximum Gasteiger partial charge on any atom is 0.268 e. The number of rotatable bonds is 3. The van der Waals surface area contributed by atoms with E-state index in [1.54, 1.807) is 6.07 Å². The van der Waals surface area contributed by atoms with Crippen LogP contribution in [0.5, 0.6) is 0 Å². The molecule has 2 atom stereocenters. The monoisotopic (exact) mass is 303 g/mol. The van der Waals surface area contributed by atoms with Crippen molar-refractivity contribution < 1.29 is 9.53 Å². The van der Waals surface area contributed by atoms with Crippen molar-refractivity contribution in [3.63, 3.8) is 0 Å². The average molecular weight is 303 g/mol. The molecule has 1 aromatic heterocycles. The number of likely N-dealkylation sites (N-methyl/N-ethyl adjacent to an activating group) is 1. The van der Waals surface area contributed by atoms with Crippen LogP contribution in [0.25, 0.3) is 0 Å². The molecule has 1 aromatic rings. The molecule has 7 nitrogen and oxygen atoms in total. The van der Waals surface area contributed by atoms with Gasteiger partial charge in [-0.05, 0) is 13.1 Å². The lowest BCUT2D eigenvalue weighted by atomic mass is 10.1. The first kappa shape index (κ1) is 15.0. The highest BCUT2D eigenvalue weighted by Gasteiger charge is 2.35. The Hall–Kier alpha value is -1.88. The van der Waals surface area contributed by atoms with Gasteiger partial charge in [0.2, 0.25) is 0 Å². The third-order valence-corrected chi connectivity index (χ3v) is 4.43. The molecule has 22 heavy (non-hydrogen) atoms. The smallest absolute Gasteiger partial charge is 0.268 e. The molecule has 2 saturated heterocycles. The maximum absolute atomic E-state index is 12.3. The van der Waals surface area contributed by atoms with Crippen molar-refractivity contribution in [3.05, 3.63) is 23.5 Å². The number of hydrogen-bond acceptors (Lipinski definition) is 5. The number of nitrogens with one attached hydrogen (secondary N) is 2. The molecule has 118 valence electrons. The molecule has 3 heterocycles. The molecule has 0 aromatic carbocycles. The summed E-state index contributed by atoms with van der Waals surface area (Å²) in [5.41, 5.74) is 0.879. The van der Waals surface area contributed by atoms with Gasteiger partial charge in [-0.25, -0.2) is 0 Å². The van der Waals surface area contributed by atoms with Gasteiger partial charge in [0.05, 0.1) is 30.9 Å². The molecular formula is C15H21N5O2. The summed E-state index contributed by atoms with van der Waals surface area (Å²) < 4.78 is 5.58. The van der Waals surface area contributed by atoms with E-state index in [1.807, 2.05) is 6.07 Å². The standard InChI is InChI=1S/C15H21N5O2/c1-19-2-4-20(5-3-19)14-10-22-9-13(14)18-15(21)12-6-11(7-16)8-17-12/h6,8,13-14,17H,2-5,9-10H2,1H3,(H,18,21)/t13-,14-/m0/s1. The number of aromatic nitrogens is 1. The summed E-state index contributed by atoms with van der Waals surface area (Å²) in [6.07, 6.45) is 1.54. The van der Waals surface area contributed by atoms with Gasteiger partial charge in [-0.1, -0.05) is 0 Å². The summed E-state index contributed by atoms with van der Waals surface area (Å²) in [6.45, 7) is 5.27. The quantitative estimate of drug-likeness (QED) is 0.796. The van der Waals surface area contributed by atoms with Crippen LogP contribution < -0.4 is 5.32 Å². The number of carbonyl (C=O) groups is 1. The number of carbonyl (C=O) groups excluding carboxylic acids is 1. The summed E-state index contributed by atoms with van der Waals surface area (Å²) in [4.78, 5) is 19.8. The normalized spacial score (nSPS) is 26.7. The highest BCUT2D eigenvalue weighted by atomic mass is 16.5. The third-order valence-electron chi connectivity index (χ3n) is 4.43. The van der Waals surface area contributed by atoms with E-state index in [4.69, 9.17) is 10.00 Å². The van der Waals surface area contributed by atoms with Crippen LogP contribution in [0.4, 0.5) is 0 Å². The topological polar surface area (TPSA) is 84.4 Å². The number of H-pyrrole nitrogens is 1. The molecule has 2 aliphatic heterocycles. The Morgan fingerprint density at radius 3 is 2.86 bits per heavy atom. The molecule has 2 fully saturated rings. The molecule has 0 unspecified atom stereocenters. The van der Waals surface area contributed by atoms with E-state index in [1.165, 1.54) is 6.20 Å². The number of ether oxygens (including phenoxy) is 1. The largest absolute Gasteiger partial charge is 0.378 e. The summed E-state index contributed by atoms with van der Waals surface area (Å²) >= 11 is 0. The van der Waals surface area contributed by atoms with E-state index in [9.17, 15) is 4.79 Å². The van der Waals surface area contributed by atoms with Gasteiger partial charge in [-0.2, -0.15) is 5.26 Å². The minimum absolute atomic E-state index is 0.00950. The Morgan fingerprint density at radius 1 is 1.41 bits per heavy atom. The fourth-order valence-corrected chi connectivity index (χ4v) is 3.03. The number of hydrogen-bond donors (Lipinski definition) is 2. The lowest BCUT2D eigenvalue weighted by Gasteiger charge is -2.38. The average Bonchev–Trinajstić information content (AvgIpc) is 3.17. The molecular weight excluding hydrogens is 282 g/mol. The Labute approximate surface area is 129 Å². The van der Waals surface area contributed by atoms with Gasteiger partial charge in [0, 0.05) is 32.4 Å². The summed E-state index contributed by atoms with van der Waals surface area (Å²) in [5.74, 6) is -0.184. The first-order valence-corrected chi connectivity index (χ1v) is 7.57. The van der Waals surface area contributed by atoms with Gasteiger partial charge in [-0.3, -0.25) is 9.69 Å². The third kappa shape index (κ3) is 3.14. The van der Waals surface area contributed by atoms with Crippen molar-refractivity contribution in [2.24, 2.45) is 0 Å². The van der Waals surface area contributed by atoms with E-state index in [0.29, 0.717) is 24.5 Å². The number of nitrogens with zero attached hydrogens (tertiary/aromatic N) is 3. The highest BCUT2D eigenvalue weighted by Crippen LogP contribution is 2.16. The van der Waals surface area contributed by atoms with Crippen molar-refractivity contribution in [2.45, 2.75) is 12.1 Å². The van der Waals surface area contributed by atoms with Gasteiger partial charge in [0.15, 0.2) is 0 Å². The van der Waals surface area contributed by atoms with Crippen LogP contribution in [-0.4, -0.2) is 79.2 Å². The van der Waals surface area contributed by atoms with Crippen LogP contribution >= 0.6 is 0 Å². The molecule has 0 radical (unpaired) electrons. The van der Waals surface area contributed by atoms with Crippen molar-refractivity contribution in [3.8, 4) is 6.07 Å². The van der Waals surface area contributed by atoms with E-state index in [0.717, 1.165) is 26.2 Å². The number of nitriles is 1. The van der Waals surface area contributed by atoms with Crippen LogP contribution in [0.15, 0.2) is 12.3 Å². The minimum atomic E-state index is -0.184. The molecule has 1 amide bonds. The number of piperazine rings is 1. The molecule has 0 spiro atoms. The van der Waals surface area contributed by atoms with Crippen LogP contribution in [0.1, 0.15) is 16.1 Å². The number of amides is 1. The molecule has 2 N–H and O–H groups in total. The predicted octanol–water partition coefficient (Wildman–Crippen LogP) is -0.369. The zero-order chi connectivity index (χ0) is 15.5. The lowest BCUT2D eigenvalue weighted by Crippen LogP contribution is -2.56. The SMILES string of the molecule is CN1CCN([C@H]2COC[C@@H]2NC(=O)c2cc(C#N)c[nH]2)CC1. The Balaban J connectivity index is 1.61. The van der Waals surface area contributed by atoms with Gasteiger partial charge >= 0.3 is 0 Å². The van der Waals surface area contributed by atoms with Gasteiger partial charge < -0.3 is 19.9 Å². The second-order valence-electron chi connectivity index (χ2n) is 5.94. The number of aromatic amines is 1. The summed E-state index contributed by atoms with van der Waals surface area (Å²) in [6, 6.07) is 3.79. The van der Waals surface area contributed by atoms with Crippen LogP contribution in [0.3, 0.4) is 0 Å². The fraction of sp³-hybridized carbons (Fsp3) is 0.600. The Morgan fingerprint density at radius 2 is 2.18 bits per heavy atom. The molecule has 7 heteroatoms. The van der Waals surface area contributed by atoms with Crippen LogP contribution in [0, 0.1) is 11.3 Å². The maximum atomic E-state index is 12.3. The van der Waals surface area contributed by atoms with E-state index < -0.39 is 0 Å². The molecule has 0 aliphatic carbocycles. The van der Waals surface area contributed by atoms with E-state index in [-0.39, 0.29) is 18.0 Å². The summed E-state index contributed by atoms with van der Waals surface area (Å²) in [7, 11) is 2.12. The van der Waals surface area contributed by atoms with Gasteiger partial charge in [-0.15, -0.1) is 0 Å². The highest BCUT2D eigenvalue weighted by molar-refractivity contribution is 5.93. The predicted molar refractivity (Wildman–Crippen MR) is 80.4 cm³/mol. The molecule has 0 saturated carbocycles. The Bertz CT molecular complexity index is 571. The van der Waals surface area contributed by atoms with Crippen molar-refractivity contribution in [1.82, 2.24) is 20.1 Å². The zero-order valence-electron chi connectivity index (χ0n) is 12.7. The first-order valence-electron chi connectivity index (χ1n) is 7.57. The van der Waals surface area contributed by atoms with Crippen LogP contribution in [-0.2, 0) is 4.74 Å². The van der Waals surface area contributed by atoms with Crippen molar-refractivity contribution >= 4 is 5.91 Å². The fourth-order valence-electron chi connectivity index (χ4n) is 3.03. The zero-order valence-corrected chi connectivity index (χ0v) is 12.7. The van der Waals surface area contributed by atoms with Gasteiger partial charge in [0.1, 0.15) is 11.8 Å². The van der Waals surface area contributed by atoms with Crippen LogP contribution in [0.2, 0.25) is 0 Å². The van der Waals surface area contributed by atoms with Crippen molar-refractivity contribution in [2.75, 3.05) is 46.4 Å². The summed E-state index contributed by atoms with van der Waals surface area (Å²) in [5, 5.41) is 11.8. The van der Waals surface area contributed by atoms with Gasteiger partial charge in [0.25, 0.3) is 5.91 Å². The van der Waals surface area contributed by atoms with E-state index in [2.05, 4.69) is 27.1 Å². The van der Waals surface area contributed by atoms with E-state index >= 15 is 0 Å². The molecule has 3 rings (SSSR count). The first-order chi connectivity index (χ1) is 10.7. The Kier molecular flexibility index (Phi) is 4.43. The lowest BCUT2D eigenvalue weighted by molar-refractivity contribution is 0.0826. The second kappa shape index (κ2) is 6.48. The minimum Gasteiger partial charge on any atom is -0.378 e. The molecule has 2 aliphatic rings. The molecule has 0 bridgehead atoms. The second-order valence-corrected chi connectivity index (χ2v) is 5.94.